The molecule has 2 N–H and O–H groups in total. The Labute approximate surface area is 137 Å². The Morgan fingerprint density at radius 3 is 2.57 bits per heavy atom. The minimum Gasteiger partial charge on any atom is -0.475 e. The second-order valence-electron chi connectivity index (χ2n) is 5.70. The Kier molecular flexibility index (Phi) is 4.60. The molecule has 7 nitrogen and oxygen atoms in total. The normalized spacial score (nSPS) is 11.1. The number of hydrogen-bond acceptors (Lipinski definition) is 5. The van der Waals surface area contributed by atoms with E-state index in [1.807, 2.05) is 0 Å². The number of carbonyl (C=O) groups excluding carboxylic acids is 1. The van der Waals surface area contributed by atoms with E-state index in [2.05, 4.69) is 10.5 Å². The van der Waals surface area contributed by atoms with Crippen molar-refractivity contribution in [2.24, 2.45) is 0 Å². The van der Waals surface area contributed by atoms with E-state index in [0.717, 1.165) is 0 Å². The first-order valence-electron chi connectivity index (χ1n) is 6.65. The fourth-order valence-electron chi connectivity index (χ4n) is 1.72. The molecule has 0 unspecified atom stereocenters. The molecule has 0 saturated heterocycles. The van der Waals surface area contributed by atoms with E-state index in [-0.39, 0.29) is 11.5 Å². The standard InChI is InChI=1S/C15H15ClN2O5/c1-15(2,3)22-14(21)17-8-4-5-10(16)9(6-8)11-7-12(13(19)20)23-18-11/h4-7H,1-3H3,(H,17,21)(H,19,20). The van der Waals surface area contributed by atoms with Gasteiger partial charge in [0.1, 0.15) is 11.3 Å². The van der Waals surface area contributed by atoms with E-state index in [4.69, 9.17) is 26.0 Å². The Bertz CT molecular complexity index is 749. The largest absolute Gasteiger partial charge is 0.475 e. The molecule has 0 fully saturated rings. The molecule has 1 amide bonds. The average molecular weight is 339 g/mol. The summed E-state index contributed by atoms with van der Waals surface area (Å²) < 4.78 is 9.86. The van der Waals surface area contributed by atoms with Crippen molar-refractivity contribution >= 4 is 29.4 Å². The molecule has 0 radical (unpaired) electrons. The highest BCUT2D eigenvalue weighted by atomic mass is 35.5. The number of hydrogen-bond donors (Lipinski definition) is 2. The van der Waals surface area contributed by atoms with Gasteiger partial charge >= 0.3 is 12.1 Å². The molecular weight excluding hydrogens is 324 g/mol. The Hall–Kier alpha value is -2.54. The van der Waals surface area contributed by atoms with Gasteiger partial charge in [-0.2, -0.15) is 0 Å². The van der Waals surface area contributed by atoms with Crippen LogP contribution < -0.4 is 5.32 Å². The molecule has 2 aromatic rings. The molecule has 0 atom stereocenters. The smallest absolute Gasteiger partial charge is 0.412 e. The number of rotatable bonds is 3. The maximum atomic E-state index is 11.8. The SMILES string of the molecule is CC(C)(C)OC(=O)Nc1ccc(Cl)c(-c2cc(C(=O)O)on2)c1. The number of anilines is 1. The van der Waals surface area contributed by atoms with E-state index in [9.17, 15) is 9.59 Å². The number of carbonyl (C=O) groups is 2. The third-order valence-electron chi connectivity index (χ3n) is 2.61. The summed E-state index contributed by atoms with van der Waals surface area (Å²) in [7, 11) is 0. The first-order valence-corrected chi connectivity index (χ1v) is 7.03. The number of benzene rings is 1. The van der Waals surface area contributed by atoms with E-state index in [1.54, 1.807) is 39.0 Å². The van der Waals surface area contributed by atoms with Gasteiger partial charge in [0.25, 0.3) is 0 Å². The number of amides is 1. The molecule has 0 bridgehead atoms. The van der Waals surface area contributed by atoms with Gasteiger partial charge in [0, 0.05) is 17.3 Å². The van der Waals surface area contributed by atoms with Gasteiger partial charge in [0.15, 0.2) is 0 Å². The highest BCUT2D eigenvalue weighted by Crippen LogP contribution is 2.30. The van der Waals surface area contributed by atoms with Crippen LogP contribution in [0.4, 0.5) is 10.5 Å². The number of aromatic nitrogens is 1. The van der Waals surface area contributed by atoms with E-state index < -0.39 is 17.7 Å². The zero-order valence-corrected chi connectivity index (χ0v) is 13.5. The van der Waals surface area contributed by atoms with Gasteiger partial charge in [-0.15, -0.1) is 0 Å². The Morgan fingerprint density at radius 2 is 2.00 bits per heavy atom. The van der Waals surface area contributed by atoms with E-state index in [0.29, 0.717) is 16.3 Å². The van der Waals surface area contributed by atoms with E-state index in [1.165, 1.54) is 6.07 Å². The molecule has 0 aliphatic rings. The fraction of sp³-hybridized carbons (Fsp3) is 0.267. The number of nitrogens with one attached hydrogen (secondary N) is 1. The van der Waals surface area contributed by atoms with Gasteiger partial charge in [0.2, 0.25) is 5.76 Å². The number of nitrogens with zero attached hydrogens (tertiary/aromatic N) is 1. The van der Waals surface area contributed by atoms with Gasteiger partial charge in [-0.3, -0.25) is 5.32 Å². The minimum atomic E-state index is -1.23. The fourth-order valence-corrected chi connectivity index (χ4v) is 1.94. The van der Waals surface area contributed by atoms with Crippen LogP contribution in [0.1, 0.15) is 31.3 Å². The summed E-state index contributed by atoms with van der Waals surface area (Å²) >= 11 is 6.09. The highest BCUT2D eigenvalue weighted by molar-refractivity contribution is 6.33. The van der Waals surface area contributed by atoms with Crippen LogP contribution in [0.2, 0.25) is 5.02 Å². The van der Waals surface area contributed by atoms with Gasteiger partial charge in [0.05, 0.1) is 5.02 Å². The average Bonchev–Trinajstić information content (AvgIpc) is 2.88. The van der Waals surface area contributed by atoms with Crippen molar-refractivity contribution in [1.82, 2.24) is 5.16 Å². The molecule has 122 valence electrons. The topological polar surface area (TPSA) is 102 Å². The van der Waals surface area contributed by atoms with Crippen molar-refractivity contribution in [3.05, 3.63) is 35.0 Å². The van der Waals surface area contributed by atoms with Crippen LogP contribution in [-0.4, -0.2) is 27.9 Å². The summed E-state index contributed by atoms with van der Waals surface area (Å²) in [5, 5.41) is 15.4. The van der Waals surface area contributed by atoms with Crippen LogP contribution in [0, 0.1) is 0 Å². The lowest BCUT2D eigenvalue weighted by atomic mass is 10.1. The lowest BCUT2D eigenvalue weighted by Gasteiger charge is -2.19. The van der Waals surface area contributed by atoms with E-state index >= 15 is 0 Å². The van der Waals surface area contributed by atoms with Crippen molar-refractivity contribution in [2.45, 2.75) is 26.4 Å². The van der Waals surface area contributed by atoms with Crippen molar-refractivity contribution in [1.29, 1.82) is 0 Å². The van der Waals surface area contributed by atoms with Crippen molar-refractivity contribution in [3.63, 3.8) is 0 Å². The number of carboxylic acids is 1. The number of aromatic carboxylic acids is 1. The lowest BCUT2D eigenvalue weighted by Crippen LogP contribution is -2.27. The summed E-state index contributed by atoms with van der Waals surface area (Å²) in [6, 6.07) is 5.95. The molecule has 0 saturated carbocycles. The number of ether oxygens (including phenoxy) is 1. The molecule has 0 aliphatic carbocycles. The maximum absolute atomic E-state index is 11.8. The summed E-state index contributed by atoms with van der Waals surface area (Å²) in [5.41, 5.74) is 0.484. The second kappa shape index (κ2) is 6.29. The van der Waals surface area contributed by atoms with Crippen LogP contribution in [-0.2, 0) is 4.74 Å². The van der Waals surface area contributed by atoms with Crippen LogP contribution in [0.15, 0.2) is 28.8 Å². The Morgan fingerprint density at radius 1 is 1.30 bits per heavy atom. The van der Waals surface area contributed by atoms with Crippen LogP contribution >= 0.6 is 11.6 Å². The molecule has 0 spiro atoms. The minimum absolute atomic E-state index is 0.250. The first kappa shape index (κ1) is 16.8. The predicted octanol–water partition coefficient (Wildman–Crippen LogP) is 4.04. The van der Waals surface area contributed by atoms with Crippen molar-refractivity contribution in [2.75, 3.05) is 5.32 Å². The molecule has 8 heteroatoms. The van der Waals surface area contributed by atoms with Crippen LogP contribution in [0.25, 0.3) is 11.3 Å². The summed E-state index contributed by atoms with van der Waals surface area (Å²) in [6.07, 6.45) is -0.614. The highest BCUT2D eigenvalue weighted by Gasteiger charge is 2.18. The molecule has 2 rings (SSSR count). The number of carboxylic acid groups (broad SMARTS) is 1. The zero-order chi connectivity index (χ0) is 17.2. The monoisotopic (exact) mass is 338 g/mol. The summed E-state index contributed by atoms with van der Waals surface area (Å²) in [6.45, 7) is 5.26. The van der Waals surface area contributed by atoms with Crippen molar-refractivity contribution in [3.8, 4) is 11.3 Å². The zero-order valence-electron chi connectivity index (χ0n) is 12.7. The van der Waals surface area contributed by atoms with Gasteiger partial charge in [-0.1, -0.05) is 16.8 Å². The third kappa shape index (κ3) is 4.46. The molecule has 0 aliphatic heterocycles. The molecule has 1 heterocycles. The molecular formula is C15H15ClN2O5. The van der Waals surface area contributed by atoms with Crippen molar-refractivity contribution < 1.29 is 24.0 Å². The maximum Gasteiger partial charge on any atom is 0.412 e. The Balaban J connectivity index is 2.25. The van der Waals surface area contributed by atoms with Gasteiger partial charge < -0.3 is 14.4 Å². The molecule has 23 heavy (non-hydrogen) atoms. The third-order valence-corrected chi connectivity index (χ3v) is 2.94. The van der Waals surface area contributed by atoms with Gasteiger partial charge in [-0.25, -0.2) is 9.59 Å². The number of halogens is 1. The quantitative estimate of drug-likeness (QED) is 0.875. The lowest BCUT2D eigenvalue weighted by molar-refractivity contribution is 0.0630. The predicted molar refractivity (Wildman–Crippen MR) is 83.8 cm³/mol. The van der Waals surface area contributed by atoms with Crippen LogP contribution in [0.5, 0.6) is 0 Å². The summed E-state index contributed by atoms with van der Waals surface area (Å²) in [5.74, 6) is -1.54. The molecule has 1 aromatic carbocycles. The molecule has 1 aromatic heterocycles. The second-order valence-corrected chi connectivity index (χ2v) is 6.11. The van der Waals surface area contributed by atoms with Gasteiger partial charge in [-0.05, 0) is 39.0 Å². The summed E-state index contributed by atoms with van der Waals surface area (Å²) in [4.78, 5) is 22.6. The van der Waals surface area contributed by atoms with Crippen LogP contribution in [0.3, 0.4) is 0 Å². The first-order chi connectivity index (χ1) is 10.7.